The van der Waals surface area contributed by atoms with Crippen molar-refractivity contribution in [2.24, 2.45) is 0 Å². The van der Waals surface area contributed by atoms with Crippen LogP contribution in [-0.2, 0) is 17.8 Å². The van der Waals surface area contributed by atoms with Gasteiger partial charge in [-0.2, -0.15) is 0 Å². The fourth-order valence-electron chi connectivity index (χ4n) is 2.40. The van der Waals surface area contributed by atoms with E-state index >= 15 is 0 Å². The molecule has 0 aliphatic heterocycles. The summed E-state index contributed by atoms with van der Waals surface area (Å²) in [5, 5.41) is 0.652. The monoisotopic (exact) mass is 315 g/mol. The van der Waals surface area contributed by atoms with Crippen LogP contribution >= 0.6 is 11.6 Å². The molecule has 2 nitrogen and oxygen atoms in total. The Morgan fingerprint density at radius 1 is 1.09 bits per heavy atom. The molecular weight excluding hydrogens is 294 g/mol. The number of carbonyl (C=O) groups is 1. The molecule has 3 heteroatoms. The Bertz CT molecular complexity index is 612. The first-order valence-corrected chi connectivity index (χ1v) is 8.06. The van der Waals surface area contributed by atoms with Crippen LogP contribution in [0.4, 0.5) is 0 Å². The maximum Gasteiger partial charge on any atom is 0.227 e. The standard InChI is InChI=1S/C19H22ClNO/c1-3-15(2)21(14-16-9-5-4-6-10-16)19(22)13-17-11-7-8-12-18(17)20/h4-12,15H,3,13-14H2,1-2H3. The molecule has 1 atom stereocenters. The second-order valence-electron chi connectivity index (χ2n) is 5.53. The van der Waals surface area contributed by atoms with E-state index < -0.39 is 0 Å². The highest BCUT2D eigenvalue weighted by Gasteiger charge is 2.20. The highest BCUT2D eigenvalue weighted by atomic mass is 35.5. The number of hydrogen-bond acceptors (Lipinski definition) is 1. The molecule has 0 radical (unpaired) electrons. The van der Waals surface area contributed by atoms with Gasteiger partial charge in [0.15, 0.2) is 0 Å². The van der Waals surface area contributed by atoms with Crippen molar-refractivity contribution < 1.29 is 4.79 Å². The number of benzene rings is 2. The molecule has 2 aromatic rings. The predicted molar refractivity (Wildman–Crippen MR) is 91.9 cm³/mol. The summed E-state index contributed by atoms with van der Waals surface area (Å²) in [4.78, 5) is 14.7. The molecule has 22 heavy (non-hydrogen) atoms. The second-order valence-corrected chi connectivity index (χ2v) is 5.94. The highest BCUT2D eigenvalue weighted by molar-refractivity contribution is 6.31. The van der Waals surface area contributed by atoms with Crippen LogP contribution in [0.25, 0.3) is 0 Å². The number of nitrogens with zero attached hydrogens (tertiary/aromatic N) is 1. The summed E-state index contributed by atoms with van der Waals surface area (Å²) < 4.78 is 0. The van der Waals surface area contributed by atoms with Gasteiger partial charge in [0.25, 0.3) is 0 Å². The van der Waals surface area contributed by atoms with Gasteiger partial charge in [0.1, 0.15) is 0 Å². The molecule has 1 amide bonds. The zero-order valence-corrected chi connectivity index (χ0v) is 13.9. The third kappa shape index (κ3) is 4.35. The van der Waals surface area contributed by atoms with Crippen LogP contribution in [-0.4, -0.2) is 16.8 Å². The van der Waals surface area contributed by atoms with Crippen LogP contribution in [0, 0.1) is 0 Å². The Morgan fingerprint density at radius 2 is 1.73 bits per heavy atom. The summed E-state index contributed by atoms with van der Waals surface area (Å²) in [5.41, 5.74) is 2.03. The SMILES string of the molecule is CCC(C)N(Cc1ccccc1)C(=O)Cc1ccccc1Cl. The van der Waals surface area contributed by atoms with Crippen LogP contribution in [0.1, 0.15) is 31.4 Å². The first-order valence-electron chi connectivity index (χ1n) is 7.68. The van der Waals surface area contributed by atoms with Gasteiger partial charge in [-0.15, -0.1) is 0 Å². The first-order chi connectivity index (χ1) is 10.6. The molecule has 0 bridgehead atoms. The lowest BCUT2D eigenvalue weighted by molar-refractivity contribution is -0.133. The minimum absolute atomic E-state index is 0.117. The van der Waals surface area contributed by atoms with Gasteiger partial charge in [-0.3, -0.25) is 4.79 Å². The van der Waals surface area contributed by atoms with Crippen molar-refractivity contribution in [1.82, 2.24) is 4.90 Å². The van der Waals surface area contributed by atoms with Gasteiger partial charge in [0.05, 0.1) is 6.42 Å². The molecule has 0 aliphatic carbocycles. The van der Waals surface area contributed by atoms with E-state index in [0.717, 1.165) is 17.5 Å². The van der Waals surface area contributed by atoms with Gasteiger partial charge >= 0.3 is 0 Å². The summed E-state index contributed by atoms with van der Waals surface area (Å²) in [7, 11) is 0. The van der Waals surface area contributed by atoms with Crippen molar-refractivity contribution in [3.05, 3.63) is 70.7 Å². The Hall–Kier alpha value is -1.80. The van der Waals surface area contributed by atoms with Crippen molar-refractivity contribution in [3.8, 4) is 0 Å². The fourth-order valence-corrected chi connectivity index (χ4v) is 2.60. The van der Waals surface area contributed by atoms with Gasteiger partial charge in [0.2, 0.25) is 5.91 Å². The number of amides is 1. The fraction of sp³-hybridized carbons (Fsp3) is 0.316. The minimum Gasteiger partial charge on any atom is -0.335 e. The molecule has 116 valence electrons. The average Bonchev–Trinajstić information content (AvgIpc) is 2.55. The van der Waals surface area contributed by atoms with Crippen molar-refractivity contribution in [2.75, 3.05) is 0 Å². The molecule has 0 heterocycles. The van der Waals surface area contributed by atoms with Crippen molar-refractivity contribution in [2.45, 2.75) is 39.3 Å². The first kappa shape index (κ1) is 16.6. The molecule has 0 N–H and O–H groups in total. The predicted octanol–water partition coefficient (Wildman–Crippen LogP) is 4.71. The van der Waals surface area contributed by atoms with E-state index in [4.69, 9.17) is 11.6 Å². The molecule has 2 rings (SSSR count). The lowest BCUT2D eigenvalue weighted by Crippen LogP contribution is -2.38. The molecule has 0 aliphatic rings. The summed E-state index contributed by atoms with van der Waals surface area (Å²) >= 11 is 6.18. The van der Waals surface area contributed by atoms with Crippen LogP contribution in [0.15, 0.2) is 54.6 Å². The normalized spacial score (nSPS) is 12.0. The van der Waals surface area contributed by atoms with Gasteiger partial charge < -0.3 is 4.90 Å². The van der Waals surface area contributed by atoms with Crippen molar-refractivity contribution in [3.63, 3.8) is 0 Å². The Morgan fingerprint density at radius 3 is 2.36 bits per heavy atom. The van der Waals surface area contributed by atoms with Gasteiger partial charge in [0, 0.05) is 17.6 Å². The van der Waals surface area contributed by atoms with E-state index in [-0.39, 0.29) is 11.9 Å². The molecule has 0 fully saturated rings. The Balaban J connectivity index is 2.15. The zero-order chi connectivity index (χ0) is 15.9. The highest BCUT2D eigenvalue weighted by Crippen LogP contribution is 2.18. The third-order valence-corrected chi connectivity index (χ3v) is 4.31. The maximum atomic E-state index is 12.7. The van der Waals surface area contributed by atoms with Crippen LogP contribution < -0.4 is 0 Å². The van der Waals surface area contributed by atoms with Crippen LogP contribution in [0.5, 0.6) is 0 Å². The summed E-state index contributed by atoms with van der Waals surface area (Å²) in [6, 6.07) is 17.8. The largest absolute Gasteiger partial charge is 0.335 e. The summed E-state index contributed by atoms with van der Waals surface area (Å²) in [5.74, 6) is 0.117. The molecule has 2 aromatic carbocycles. The lowest BCUT2D eigenvalue weighted by Gasteiger charge is -2.29. The molecule has 1 unspecified atom stereocenters. The van der Waals surface area contributed by atoms with E-state index in [1.165, 1.54) is 0 Å². The molecule has 0 saturated carbocycles. The maximum absolute atomic E-state index is 12.7. The second kappa shape index (κ2) is 8.00. The lowest BCUT2D eigenvalue weighted by atomic mass is 10.1. The van der Waals surface area contributed by atoms with E-state index in [1.54, 1.807) is 0 Å². The van der Waals surface area contributed by atoms with Crippen molar-refractivity contribution in [1.29, 1.82) is 0 Å². The van der Waals surface area contributed by atoms with E-state index in [0.29, 0.717) is 18.0 Å². The van der Waals surface area contributed by atoms with Crippen LogP contribution in [0.2, 0.25) is 5.02 Å². The van der Waals surface area contributed by atoms with Gasteiger partial charge in [-0.05, 0) is 30.5 Å². The van der Waals surface area contributed by atoms with Crippen LogP contribution in [0.3, 0.4) is 0 Å². The molecule has 0 saturated heterocycles. The number of rotatable bonds is 6. The number of carbonyl (C=O) groups excluding carboxylic acids is 1. The third-order valence-electron chi connectivity index (χ3n) is 3.94. The Kier molecular flexibility index (Phi) is 6.02. The topological polar surface area (TPSA) is 20.3 Å². The quantitative estimate of drug-likeness (QED) is 0.756. The summed E-state index contributed by atoms with van der Waals surface area (Å²) in [6.07, 6.45) is 1.28. The zero-order valence-electron chi connectivity index (χ0n) is 13.1. The van der Waals surface area contributed by atoms with E-state index in [2.05, 4.69) is 26.0 Å². The summed E-state index contributed by atoms with van der Waals surface area (Å²) in [6.45, 7) is 4.83. The molecule has 0 spiro atoms. The van der Waals surface area contributed by atoms with Gasteiger partial charge in [-0.1, -0.05) is 67.1 Å². The van der Waals surface area contributed by atoms with E-state index in [9.17, 15) is 4.79 Å². The van der Waals surface area contributed by atoms with E-state index in [1.807, 2.05) is 47.4 Å². The minimum atomic E-state index is 0.117. The number of halogens is 1. The molecular formula is C19H22ClNO. The van der Waals surface area contributed by atoms with Crippen molar-refractivity contribution >= 4 is 17.5 Å². The molecule has 0 aromatic heterocycles. The smallest absolute Gasteiger partial charge is 0.227 e. The average molecular weight is 316 g/mol. The Labute approximate surface area is 137 Å². The number of hydrogen-bond donors (Lipinski definition) is 0. The van der Waals surface area contributed by atoms with Gasteiger partial charge in [-0.25, -0.2) is 0 Å².